The summed E-state index contributed by atoms with van der Waals surface area (Å²) >= 11 is 0. The average Bonchev–Trinajstić information content (AvgIpc) is 2.97. The second kappa shape index (κ2) is 6.93. The van der Waals surface area contributed by atoms with Gasteiger partial charge in [-0.25, -0.2) is 8.42 Å². The second-order valence-corrected chi connectivity index (χ2v) is 8.21. The third kappa shape index (κ3) is 3.23. The number of ether oxygens (including phenoxy) is 1. The molecule has 4 rings (SSSR count). The number of amides is 1. The summed E-state index contributed by atoms with van der Waals surface area (Å²) < 4.78 is 39.0. The van der Waals surface area contributed by atoms with E-state index in [1.165, 1.54) is 13.0 Å². The molecule has 1 aliphatic heterocycles. The molecule has 0 unspecified atom stereocenters. The molecule has 29 heavy (non-hydrogen) atoms. The number of rotatable bonds is 4. The summed E-state index contributed by atoms with van der Waals surface area (Å²) in [5.74, 6) is 0.840. The van der Waals surface area contributed by atoms with E-state index in [1.807, 2.05) is 25.1 Å². The number of carbonyl (C=O) groups excluding carboxylic acids is 1. The van der Waals surface area contributed by atoms with Crippen LogP contribution in [0.15, 0.2) is 51.9 Å². The Morgan fingerprint density at radius 3 is 2.55 bits per heavy atom. The van der Waals surface area contributed by atoms with E-state index in [9.17, 15) is 13.2 Å². The lowest BCUT2D eigenvalue weighted by Crippen LogP contribution is -2.29. The van der Waals surface area contributed by atoms with Gasteiger partial charge in [0.05, 0.1) is 11.3 Å². The smallest absolute Gasteiger partial charge is 0.267 e. The Kier molecular flexibility index (Phi) is 4.54. The monoisotopic (exact) mass is 413 g/mol. The maximum Gasteiger partial charge on any atom is 0.267 e. The van der Waals surface area contributed by atoms with Crippen molar-refractivity contribution >= 4 is 27.3 Å². The van der Waals surface area contributed by atoms with Crippen molar-refractivity contribution in [2.75, 3.05) is 16.2 Å². The minimum absolute atomic E-state index is 0.0161. The molecule has 0 saturated heterocycles. The lowest BCUT2D eigenvalue weighted by molar-refractivity contribution is 0.0988. The van der Waals surface area contributed by atoms with Crippen molar-refractivity contribution in [3.05, 3.63) is 59.5 Å². The van der Waals surface area contributed by atoms with Crippen LogP contribution in [0.1, 0.15) is 28.7 Å². The molecule has 1 aromatic heterocycles. The van der Waals surface area contributed by atoms with Crippen LogP contribution in [0.4, 0.5) is 11.4 Å². The van der Waals surface area contributed by atoms with Crippen LogP contribution in [0.2, 0.25) is 0 Å². The molecule has 9 heteroatoms. The number of aromatic nitrogens is 1. The van der Waals surface area contributed by atoms with Crippen LogP contribution in [0, 0.1) is 13.8 Å². The highest BCUT2D eigenvalue weighted by Crippen LogP contribution is 2.39. The van der Waals surface area contributed by atoms with Crippen LogP contribution >= 0.6 is 0 Å². The maximum absolute atomic E-state index is 13.1. The number of hydrogen-bond donors (Lipinski definition) is 1. The first-order valence-electron chi connectivity index (χ1n) is 9.00. The van der Waals surface area contributed by atoms with Crippen molar-refractivity contribution in [2.45, 2.75) is 25.7 Å². The minimum atomic E-state index is -3.93. The summed E-state index contributed by atoms with van der Waals surface area (Å²) in [6, 6.07) is 11.9. The Bertz CT molecular complexity index is 1200. The molecule has 0 spiro atoms. The van der Waals surface area contributed by atoms with Crippen molar-refractivity contribution in [2.24, 2.45) is 0 Å². The van der Waals surface area contributed by atoms with E-state index < -0.39 is 10.0 Å². The lowest BCUT2D eigenvalue weighted by Gasteiger charge is -2.19. The summed E-state index contributed by atoms with van der Waals surface area (Å²) in [7, 11) is -3.93. The molecule has 0 fully saturated rings. The molecule has 8 nitrogen and oxygen atoms in total. The molecule has 0 atom stereocenters. The molecular weight excluding hydrogens is 394 g/mol. The molecule has 0 aliphatic carbocycles. The first kappa shape index (κ1) is 19.0. The number of hydrogen-bond acceptors (Lipinski definition) is 6. The van der Waals surface area contributed by atoms with Gasteiger partial charge in [0, 0.05) is 12.2 Å². The Hall–Kier alpha value is -3.33. The zero-order valence-electron chi connectivity index (χ0n) is 16.1. The SMILES string of the molecule is CCN1C(=O)c2cc(NS(=O)(=O)c3c(C)noc3C)ccc2Oc2ccccc21. The number of nitrogens with one attached hydrogen (secondary N) is 1. The summed E-state index contributed by atoms with van der Waals surface area (Å²) in [5, 5.41) is 3.69. The number of aryl methyl sites for hydroxylation is 2. The first-order chi connectivity index (χ1) is 13.8. The fourth-order valence-corrected chi connectivity index (χ4v) is 4.75. The number of fused-ring (bicyclic) bond motifs is 2. The van der Waals surface area contributed by atoms with Crippen molar-refractivity contribution in [1.82, 2.24) is 5.16 Å². The van der Waals surface area contributed by atoms with E-state index in [0.29, 0.717) is 23.7 Å². The number of sulfonamides is 1. The van der Waals surface area contributed by atoms with Gasteiger partial charge >= 0.3 is 0 Å². The summed E-state index contributed by atoms with van der Waals surface area (Å²) in [4.78, 5) is 14.7. The Balaban J connectivity index is 1.75. The van der Waals surface area contributed by atoms with E-state index in [-0.39, 0.29) is 33.5 Å². The quantitative estimate of drug-likeness (QED) is 0.697. The zero-order chi connectivity index (χ0) is 20.8. The van der Waals surface area contributed by atoms with E-state index in [1.54, 1.807) is 30.0 Å². The summed E-state index contributed by atoms with van der Waals surface area (Å²) in [5.41, 5.74) is 1.43. The Morgan fingerprint density at radius 2 is 1.86 bits per heavy atom. The molecule has 1 amide bonds. The molecule has 150 valence electrons. The van der Waals surface area contributed by atoms with Gasteiger partial charge in [-0.3, -0.25) is 9.52 Å². The number of nitrogens with zero attached hydrogens (tertiary/aromatic N) is 2. The van der Waals surface area contributed by atoms with Crippen molar-refractivity contribution in [3.63, 3.8) is 0 Å². The first-order valence-corrected chi connectivity index (χ1v) is 10.5. The van der Waals surface area contributed by atoms with Gasteiger partial charge in [-0.15, -0.1) is 0 Å². The molecule has 3 aromatic rings. The van der Waals surface area contributed by atoms with Gasteiger partial charge in [0.15, 0.2) is 16.4 Å². The van der Waals surface area contributed by atoms with Gasteiger partial charge in [0.25, 0.3) is 15.9 Å². The highest BCUT2D eigenvalue weighted by molar-refractivity contribution is 7.92. The summed E-state index contributed by atoms with van der Waals surface area (Å²) in [6.45, 7) is 5.38. The van der Waals surface area contributed by atoms with E-state index in [0.717, 1.165) is 0 Å². The fraction of sp³-hybridized carbons (Fsp3) is 0.200. The lowest BCUT2D eigenvalue weighted by atomic mass is 10.1. The highest BCUT2D eigenvalue weighted by atomic mass is 32.2. The number of para-hydroxylation sites is 2. The normalized spacial score (nSPS) is 13.3. The summed E-state index contributed by atoms with van der Waals surface area (Å²) in [6.07, 6.45) is 0. The van der Waals surface area contributed by atoms with Gasteiger partial charge in [0.1, 0.15) is 11.4 Å². The number of anilines is 2. The fourth-order valence-electron chi connectivity index (χ4n) is 3.37. The second-order valence-electron chi connectivity index (χ2n) is 6.59. The van der Waals surface area contributed by atoms with Gasteiger partial charge in [0.2, 0.25) is 0 Å². The molecule has 1 aliphatic rings. The zero-order valence-corrected chi connectivity index (χ0v) is 16.9. The predicted molar refractivity (Wildman–Crippen MR) is 107 cm³/mol. The molecule has 0 bridgehead atoms. The van der Waals surface area contributed by atoms with E-state index in [2.05, 4.69) is 9.88 Å². The van der Waals surface area contributed by atoms with Gasteiger partial charge in [-0.2, -0.15) is 0 Å². The number of benzene rings is 2. The topological polar surface area (TPSA) is 102 Å². The molecule has 0 saturated carbocycles. The van der Waals surface area contributed by atoms with Crippen LogP contribution < -0.4 is 14.4 Å². The largest absolute Gasteiger partial charge is 0.454 e. The molecule has 1 N–H and O–H groups in total. The molecular formula is C20H19N3O5S. The third-order valence-corrected chi connectivity index (χ3v) is 6.26. The molecule has 0 radical (unpaired) electrons. The van der Waals surface area contributed by atoms with E-state index in [4.69, 9.17) is 9.26 Å². The Morgan fingerprint density at radius 1 is 1.10 bits per heavy atom. The minimum Gasteiger partial charge on any atom is -0.454 e. The predicted octanol–water partition coefficient (Wildman–Crippen LogP) is 3.86. The van der Waals surface area contributed by atoms with Crippen LogP contribution in [-0.4, -0.2) is 26.0 Å². The van der Waals surface area contributed by atoms with Gasteiger partial charge in [-0.05, 0) is 51.1 Å². The highest BCUT2D eigenvalue weighted by Gasteiger charge is 2.29. The van der Waals surface area contributed by atoms with Gasteiger partial charge in [-0.1, -0.05) is 17.3 Å². The standard InChI is InChI=1S/C20H19N3O5S/c1-4-23-16-7-5-6-8-18(16)27-17-10-9-14(11-15(17)20(23)24)22-29(25,26)19-12(2)21-28-13(19)3/h5-11,22H,4H2,1-3H3. The third-order valence-electron chi connectivity index (χ3n) is 4.64. The van der Waals surface area contributed by atoms with E-state index >= 15 is 0 Å². The van der Waals surface area contributed by atoms with Crippen molar-refractivity contribution in [3.8, 4) is 11.5 Å². The molecule has 2 heterocycles. The average molecular weight is 413 g/mol. The van der Waals surface area contributed by atoms with Crippen molar-refractivity contribution < 1.29 is 22.5 Å². The van der Waals surface area contributed by atoms with Crippen LogP contribution in [0.3, 0.4) is 0 Å². The van der Waals surface area contributed by atoms with Crippen LogP contribution in [0.5, 0.6) is 11.5 Å². The number of carbonyl (C=O) groups is 1. The Labute approximate surface area is 168 Å². The molecule has 2 aromatic carbocycles. The maximum atomic E-state index is 13.1. The van der Waals surface area contributed by atoms with Crippen LogP contribution in [-0.2, 0) is 10.0 Å². The van der Waals surface area contributed by atoms with Gasteiger partial charge < -0.3 is 14.2 Å². The van der Waals surface area contributed by atoms with Crippen LogP contribution in [0.25, 0.3) is 0 Å². The van der Waals surface area contributed by atoms with Crippen molar-refractivity contribution in [1.29, 1.82) is 0 Å².